The summed E-state index contributed by atoms with van der Waals surface area (Å²) < 4.78 is 10.2. The van der Waals surface area contributed by atoms with Crippen LogP contribution in [-0.2, 0) is 16.0 Å². The van der Waals surface area contributed by atoms with Gasteiger partial charge in [-0.3, -0.25) is 25.2 Å². The quantitative estimate of drug-likeness (QED) is 0.396. The van der Waals surface area contributed by atoms with Gasteiger partial charge >= 0.3 is 5.97 Å². The lowest BCUT2D eigenvalue weighted by molar-refractivity contribution is -0.142. The van der Waals surface area contributed by atoms with Crippen LogP contribution in [0.5, 0.6) is 5.75 Å². The summed E-state index contributed by atoms with van der Waals surface area (Å²) in [7, 11) is 1.50. The van der Waals surface area contributed by atoms with Gasteiger partial charge < -0.3 is 9.47 Å². The van der Waals surface area contributed by atoms with Gasteiger partial charge in [-0.15, -0.1) is 11.3 Å². The highest BCUT2D eigenvalue weighted by Gasteiger charge is 2.19. The minimum absolute atomic E-state index is 0.0196. The molecule has 0 saturated heterocycles. The molecule has 0 fully saturated rings. The van der Waals surface area contributed by atoms with E-state index < -0.39 is 17.8 Å². The van der Waals surface area contributed by atoms with E-state index in [0.29, 0.717) is 26.8 Å². The highest BCUT2D eigenvalue weighted by molar-refractivity contribution is 7.17. The van der Waals surface area contributed by atoms with E-state index in [1.807, 2.05) is 12.1 Å². The van der Waals surface area contributed by atoms with Gasteiger partial charge in [0.2, 0.25) is 0 Å². The third-order valence-electron chi connectivity index (χ3n) is 4.40. The number of rotatable bonds is 7. The van der Waals surface area contributed by atoms with E-state index >= 15 is 0 Å². The largest absolute Gasteiger partial charge is 0.497 e. The Hall–Kier alpha value is -3.36. The molecule has 0 atom stereocenters. The first kappa shape index (κ1) is 23.3. The van der Waals surface area contributed by atoms with E-state index in [2.05, 4.69) is 10.9 Å². The van der Waals surface area contributed by atoms with Crippen molar-refractivity contribution in [2.24, 2.45) is 0 Å². The van der Waals surface area contributed by atoms with Gasteiger partial charge in [0.25, 0.3) is 11.8 Å². The molecular formula is C23H21ClN2O5S. The maximum absolute atomic E-state index is 12.7. The number of nitrogens with one attached hydrogen (secondary N) is 2. The number of esters is 1. The maximum atomic E-state index is 12.7. The Balaban J connectivity index is 1.78. The Bertz CT molecular complexity index is 1130. The minimum Gasteiger partial charge on any atom is -0.497 e. The Morgan fingerprint density at radius 1 is 1.00 bits per heavy atom. The third-order valence-corrected chi connectivity index (χ3v) is 5.88. The highest BCUT2D eigenvalue weighted by Crippen LogP contribution is 2.34. The highest BCUT2D eigenvalue weighted by atomic mass is 35.5. The maximum Gasteiger partial charge on any atom is 0.310 e. The first-order chi connectivity index (χ1) is 15.4. The van der Waals surface area contributed by atoms with Crippen molar-refractivity contribution in [3.05, 3.63) is 75.6 Å². The van der Waals surface area contributed by atoms with Gasteiger partial charge in [-0.05, 0) is 54.4 Å². The summed E-state index contributed by atoms with van der Waals surface area (Å²) in [6, 6.07) is 15.3. The van der Waals surface area contributed by atoms with Crippen molar-refractivity contribution in [2.75, 3.05) is 13.7 Å². The van der Waals surface area contributed by atoms with Crippen LogP contribution in [0, 0.1) is 0 Å². The number of methoxy groups -OCH3 is 1. The van der Waals surface area contributed by atoms with Crippen LogP contribution in [0.3, 0.4) is 0 Å². The van der Waals surface area contributed by atoms with Crippen LogP contribution in [0.4, 0.5) is 0 Å². The van der Waals surface area contributed by atoms with Crippen molar-refractivity contribution in [3.63, 3.8) is 0 Å². The zero-order chi connectivity index (χ0) is 23.1. The van der Waals surface area contributed by atoms with Crippen molar-refractivity contribution >= 4 is 40.7 Å². The van der Waals surface area contributed by atoms with Crippen LogP contribution in [0.1, 0.15) is 32.5 Å². The summed E-state index contributed by atoms with van der Waals surface area (Å²) in [6.07, 6.45) is 0.0196. The summed E-state index contributed by atoms with van der Waals surface area (Å²) in [6.45, 7) is 2.00. The second-order valence-corrected chi connectivity index (χ2v) is 8.08. The van der Waals surface area contributed by atoms with Gasteiger partial charge in [0.1, 0.15) is 5.75 Å². The average Bonchev–Trinajstić information content (AvgIpc) is 3.21. The van der Waals surface area contributed by atoms with Gasteiger partial charge in [0, 0.05) is 15.5 Å². The molecule has 166 valence electrons. The molecule has 0 spiro atoms. The number of halogens is 1. The van der Waals surface area contributed by atoms with Crippen molar-refractivity contribution in [1.29, 1.82) is 0 Å². The minimum atomic E-state index is -0.503. The fourth-order valence-electron chi connectivity index (χ4n) is 2.90. The SMILES string of the molecule is CCOC(=O)Cc1cc(C(=O)NNC(=O)c2cccc(OC)c2)sc1-c1ccc(Cl)cc1. The molecule has 7 nitrogen and oxygen atoms in total. The Morgan fingerprint density at radius 3 is 2.41 bits per heavy atom. The summed E-state index contributed by atoms with van der Waals surface area (Å²) in [5.74, 6) is -0.854. The molecule has 3 aromatic rings. The van der Waals surface area contributed by atoms with E-state index in [0.717, 1.165) is 10.4 Å². The summed E-state index contributed by atoms with van der Waals surface area (Å²) in [5, 5.41) is 0.579. The monoisotopic (exact) mass is 472 g/mol. The molecule has 0 bridgehead atoms. The van der Waals surface area contributed by atoms with Gasteiger partial charge in [-0.2, -0.15) is 0 Å². The first-order valence-electron chi connectivity index (χ1n) is 9.70. The smallest absolute Gasteiger partial charge is 0.310 e. The number of amides is 2. The molecule has 2 aromatic carbocycles. The first-order valence-corrected chi connectivity index (χ1v) is 10.9. The van der Waals surface area contributed by atoms with Crippen LogP contribution in [0.2, 0.25) is 5.02 Å². The van der Waals surface area contributed by atoms with E-state index in [-0.39, 0.29) is 13.0 Å². The molecule has 0 aliphatic rings. The van der Waals surface area contributed by atoms with Crippen molar-refractivity contribution in [3.8, 4) is 16.2 Å². The fourth-order valence-corrected chi connectivity index (χ4v) is 4.10. The molecule has 1 aromatic heterocycles. The Labute approximate surface area is 194 Å². The molecule has 0 aliphatic heterocycles. The number of hydrogen-bond donors (Lipinski definition) is 2. The molecule has 2 amide bonds. The summed E-state index contributed by atoms with van der Waals surface area (Å²) in [4.78, 5) is 38.2. The van der Waals surface area contributed by atoms with Crippen LogP contribution >= 0.6 is 22.9 Å². The second-order valence-electron chi connectivity index (χ2n) is 6.59. The zero-order valence-corrected chi connectivity index (χ0v) is 19.0. The lowest BCUT2D eigenvalue weighted by Crippen LogP contribution is -2.41. The molecule has 1 heterocycles. The second kappa shape index (κ2) is 10.8. The average molecular weight is 473 g/mol. The van der Waals surface area contributed by atoms with Crippen LogP contribution in [0.15, 0.2) is 54.6 Å². The number of hydrazine groups is 1. The number of benzene rings is 2. The van der Waals surface area contributed by atoms with Crippen molar-refractivity contribution in [1.82, 2.24) is 10.9 Å². The topological polar surface area (TPSA) is 93.7 Å². The van der Waals surface area contributed by atoms with E-state index in [4.69, 9.17) is 21.1 Å². The van der Waals surface area contributed by atoms with Crippen molar-refractivity contribution < 1.29 is 23.9 Å². The number of thiophene rings is 1. The van der Waals surface area contributed by atoms with Crippen LogP contribution in [0.25, 0.3) is 10.4 Å². The number of ether oxygens (including phenoxy) is 2. The molecule has 32 heavy (non-hydrogen) atoms. The fraction of sp³-hybridized carbons (Fsp3) is 0.174. The molecule has 0 aliphatic carbocycles. The lowest BCUT2D eigenvalue weighted by Gasteiger charge is -2.07. The predicted molar refractivity (Wildman–Crippen MR) is 123 cm³/mol. The molecule has 0 unspecified atom stereocenters. The summed E-state index contributed by atoms with van der Waals surface area (Å²) >= 11 is 7.18. The van der Waals surface area contributed by atoms with Gasteiger partial charge in [0.05, 0.1) is 25.0 Å². The molecule has 9 heteroatoms. The zero-order valence-electron chi connectivity index (χ0n) is 17.4. The van der Waals surface area contributed by atoms with Crippen LogP contribution < -0.4 is 15.6 Å². The van der Waals surface area contributed by atoms with E-state index in [1.54, 1.807) is 49.4 Å². The predicted octanol–water partition coefficient (Wildman–Crippen LogP) is 4.26. The van der Waals surface area contributed by atoms with Crippen LogP contribution in [-0.4, -0.2) is 31.5 Å². The number of hydrogen-bond acceptors (Lipinski definition) is 6. The molecule has 2 N–H and O–H groups in total. The van der Waals surface area contributed by atoms with Gasteiger partial charge in [-0.25, -0.2) is 0 Å². The Morgan fingerprint density at radius 2 is 1.72 bits per heavy atom. The third kappa shape index (κ3) is 5.87. The number of carbonyl (C=O) groups is 3. The van der Waals surface area contributed by atoms with Crippen molar-refractivity contribution in [2.45, 2.75) is 13.3 Å². The Kier molecular flexibility index (Phi) is 7.86. The molecule has 0 radical (unpaired) electrons. The molecular weight excluding hydrogens is 452 g/mol. The summed E-state index contributed by atoms with van der Waals surface area (Å²) in [5.41, 5.74) is 6.60. The normalized spacial score (nSPS) is 10.3. The van der Waals surface area contributed by atoms with Gasteiger partial charge in [-0.1, -0.05) is 29.8 Å². The van der Waals surface area contributed by atoms with E-state index in [9.17, 15) is 14.4 Å². The van der Waals surface area contributed by atoms with E-state index in [1.165, 1.54) is 18.4 Å². The lowest BCUT2D eigenvalue weighted by atomic mass is 10.1. The molecule has 3 rings (SSSR count). The van der Waals surface area contributed by atoms with Gasteiger partial charge in [0.15, 0.2) is 0 Å². The number of carbonyl (C=O) groups excluding carboxylic acids is 3. The molecule has 0 saturated carbocycles. The standard InChI is InChI=1S/C23H21ClN2O5S/c1-3-31-20(27)13-16-12-19(32-21(16)14-7-9-17(24)10-8-14)23(29)26-25-22(28)15-5-4-6-18(11-15)30-2/h4-12H,3,13H2,1-2H3,(H,25,28)(H,26,29).